The second kappa shape index (κ2) is 14.4. The number of amides is 2. The zero-order valence-electron chi connectivity index (χ0n) is 27.5. The summed E-state index contributed by atoms with van der Waals surface area (Å²) in [4.78, 5) is 31.5. The molecule has 13 nitrogen and oxygen atoms in total. The highest BCUT2D eigenvalue weighted by Gasteiger charge is 2.32. The van der Waals surface area contributed by atoms with Gasteiger partial charge in [-0.1, -0.05) is 30.3 Å². The molecule has 0 radical (unpaired) electrons. The van der Waals surface area contributed by atoms with E-state index in [4.69, 9.17) is 9.97 Å². The molecule has 1 aliphatic carbocycles. The molecule has 1 atom stereocenters. The molecular weight excluding hydrogens is 627 g/mol. The van der Waals surface area contributed by atoms with Gasteiger partial charge in [0.1, 0.15) is 17.5 Å². The number of nitrogens with zero attached hydrogens (tertiary/aromatic N) is 9. The normalized spacial score (nSPS) is 19.4. The first-order valence-corrected chi connectivity index (χ1v) is 18.5. The third kappa shape index (κ3) is 8.09. The molecule has 1 unspecified atom stereocenters. The molecule has 1 saturated carbocycles. The Morgan fingerprint density at radius 3 is 2.50 bits per heavy atom. The second-order valence-electron chi connectivity index (χ2n) is 12.7. The molecule has 4 heterocycles. The number of nitrogens with one attached hydrogen (secondary N) is 2. The number of rotatable bonds is 9. The number of hydrogen-bond donors (Lipinski definition) is 2. The maximum Gasteiger partial charge on any atom is 0.323 e. The number of urea groups is 1. The lowest BCUT2D eigenvalue weighted by Crippen LogP contribution is -2.49. The number of aryl methyl sites for hydroxylation is 1. The molecular formula is C34H41N11O2S. The molecule has 4 aromatic rings. The van der Waals surface area contributed by atoms with Crippen LogP contribution in [0.25, 0.3) is 11.1 Å². The van der Waals surface area contributed by atoms with Crippen LogP contribution in [-0.2, 0) is 23.3 Å². The maximum absolute atomic E-state index is 13.7. The molecule has 3 aromatic heterocycles. The molecule has 1 aliphatic heterocycles. The van der Waals surface area contributed by atoms with Crippen LogP contribution >= 0.6 is 0 Å². The summed E-state index contributed by atoms with van der Waals surface area (Å²) in [5.41, 5.74) is 3.32. The van der Waals surface area contributed by atoms with Crippen LogP contribution < -0.4 is 20.4 Å². The number of hydrogen-bond acceptors (Lipinski definition) is 10. The summed E-state index contributed by atoms with van der Waals surface area (Å²) in [5.74, 6) is 1.64. The summed E-state index contributed by atoms with van der Waals surface area (Å²) in [6.07, 6.45) is 14.2. The average Bonchev–Trinajstić information content (AvgIpc) is 3.73. The van der Waals surface area contributed by atoms with E-state index >= 15 is 0 Å². The molecule has 48 heavy (non-hydrogen) atoms. The van der Waals surface area contributed by atoms with Crippen molar-refractivity contribution < 1.29 is 9.00 Å². The van der Waals surface area contributed by atoms with Crippen molar-refractivity contribution in [1.29, 1.82) is 5.26 Å². The Balaban J connectivity index is 1.14. The van der Waals surface area contributed by atoms with Gasteiger partial charge in [0.15, 0.2) is 5.82 Å². The molecule has 2 amide bonds. The van der Waals surface area contributed by atoms with Gasteiger partial charge in [0.25, 0.3) is 0 Å². The molecule has 6 rings (SSSR count). The van der Waals surface area contributed by atoms with Crippen molar-refractivity contribution in [2.75, 3.05) is 40.7 Å². The van der Waals surface area contributed by atoms with E-state index < -0.39 is 9.73 Å². The van der Waals surface area contributed by atoms with Crippen molar-refractivity contribution in [3.05, 3.63) is 78.4 Å². The fourth-order valence-corrected chi connectivity index (χ4v) is 7.28. The largest absolute Gasteiger partial charge is 0.353 e. The van der Waals surface area contributed by atoms with Gasteiger partial charge < -0.3 is 15.5 Å². The zero-order chi connectivity index (χ0) is 33.7. The lowest BCUT2D eigenvalue weighted by atomic mass is 9.90. The quantitative estimate of drug-likeness (QED) is 0.261. The summed E-state index contributed by atoms with van der Waals surface area (Å²) in [7, 11) is -0.341. The molecule has 2 N–H and O–H groups in total. The van der Waals surface area contributed by atoms with E-state index in [0.29, 0.717) is 42.8 Å². The number of carbonyl (C=O) groups excluding carboxylic acids is 1. The first-order chi connectivity index (χ1) is 23.1. The minimum atomic E-state index is -2.22. The van der Waals surface area contributed by atoms with Gasteiger partial charge >= 0.3 is 6.03 Å². The summed E-state index contributed by atoms with van der Waals surface area (Å²) in [6.45, 7) is 1.66. The van der Waals surface area contributed by atoms with Gasteiger partial charge in [-0.05, 0) is 49.8 Å². The third-order valence-corrected chi connectivity index (χ3v) is 9.49. The van der Waals surface area contributed by atoms with Crippen molar-refractivity contribution in [3.63, 3.8) is 0 Å². The monoisotopic (exact) mass is 667 g/mol. The van der Waals surface area contributed by atoms with Crippen LogP contribution in [0.4, 0.5) is 22.4 Å². The summed E-state index contributed by atoms with van der Waals surface area (Å²) < 4.78 is 18.4. The van der Waals surface area contributed by atoms with Gasteiger partial charge in [-0.25, -0.2) is 19.1 Å². The van der Waals surface area contributed by atoms with E-state index in [0.717, 1.165) is 48.8 Å². The van der Waals surface area contributed by atoms with Crippen LogP contribution in [0, 0.1) is 11.3 Å². The van der Waals surface area contributed by atoms with Crippen molar-refractivity contribution >= 4 is 33.3 Å². The van der Waals surface area contributed by atoms with Gasteiger partial charge in [0.2, 0.25) is 5.95 Å². The summed E-state index contributed by atoms with van der Waals surface area (Å²) in [5, 5.41) is 20.6. The fraction of sp³-hybridized carbons (Fsp3) is 0.412. The third-order valence-electron chi connectivity index (χ3n) is 8.69. The number of aromatic nitrogens is 5. The molecule has 0 bridgehead atoms. The van der Waals surface area contributed by atoms with E-state index in [1.165, 1.54) is 0 Å². The topological polar surface area (TPSA) is 157 Å². The molecule has 1 saturated heterocycles. The van der Waals surface area contributed by atoms with Gasteiger partial charge in [-0.2, -0.15) is 15.3 Å². The fourth-order valence-electron chi connectivity index (χ4n) is 6.39. The SMILES string of the molecule is Cn1cc(-c2ccc(N(C(=O)NCc3ccccc3)[C@H]3CC[C@H](Nc4ncc(C#N)c(N5CCC(N=S(C)(C)=O)C5)n4)CC3)nc2)cn1. The number of benzene rings is 1. The lowest BCUT2D eigenvalue weighted by molar-refractivity contribution is 0.240. The van der Waals surface area contributed by atoms with Gasteiger partial charge in [-0.3, -0.25) is 13.8 Å². The zero-order valence-corrected chi connectivity index (χ0v) is 28.3. The maximum atomic E-state index is 13.7. The Bertz CT molecular complexity index is 1880. The van der Waals surface area contributed by atoms with E-state index in [9.17, 15) is 14.3 Å². The molecule has 14 heteroatoms. The average molecular weight is 668 g/mol. The highest BCUT2D eigenvalue weighted by atomic mass is 32.2. The van der Waals surface area contributed by atoms with Crippen LogP contribution in [0.15, 0.2) is 71.6 Å². The Morgan fingerprint density at radius 1 is 1.04 bits per heavy atom. The minimum absolute atomic E-state index is 0.0503. The van der Waals surface area contributed by atoms with E-state index in [1.807, 2.05) is 60.6 Å². The Labute approximate surface area is 281 Å². The highest BCUT2D eigenvalue weighted by Crippen LogP contribution is 2.30. The van der Waals surface area contributed by atoms with Crippen LogP contribution in [0.5, 0.6) is 0 Å². The van der Waals surface area contributed by atoms with Crippen molar-refractivity contribution in [1.82, 2.24) is 30.0 Å². The van der Waals surface area contributed by atoms with Crippen molar-refractivity contribution in [2.45, 2.75) is 56.8 Å². The van der Waals surface area contributed by atoms with Crippen LogP contribution in [0.2, 0.25) is 0 Å². The van der Waals surface area contributed by atoms with Gasteiger partial charge in [0, 0.05) is 84.5 Å². The second-order valence-corrected chi connectivity index (χ2v) is 15.3. The van der Waals surface area contributed by atoms with E-state index in [1.54, 1.807) is 40.7 Å². The predicted octanol–water partition coefficient (Wildman–Crippen LogP) is 4.59. The van der Waals surface area contributed by atoms with E-state index in [-0.39, 0.29) is 24.2 Å². The van der Waals surface area contributed by atoms with Crippen LogP contribution in [0.3, 0.4) is 0 Å². The molecule has 2 fully saturated rings. The van der Waals surface area contributed by atoms with Crippen molar-refractivity contribution in [2.24, 2.45) is 11.4 Å². The first-order valence-electron chi connectivity index (χ1n) is 16.2. The molecule has 1 aromatic carbocycles. The number of pyridine rings is 1. The molecule has 0 spiro atoms. The molecule has 2 aliphatic rings. The summed E-state index contributed by atoms with van der Waals surface area (Å²) >= 11 is 0. The van der Waals surface area contributed by atoms with Gasteiger partial charge in [0.05, 0.1) is 18.4 Å². The Morgan fingerprint density at radius 2 is 1.83 bits per heavy atom. The number of anilines is 3. The molecule has 250 valence electrons. The first kappa shape index (κ1) is 32.9. The highest BCUT2D eigenvalue weighted by molar-refractivity contribution is 7.92. The predicted molar refractivity (Wildman–Crippen MR) is 187 cm³/mol. The minimum Gasteiger partial charge on any atom is -0.353 e. The number of nitriles is 1. The lowest BCUT2D eigenvalue weighted by Gasteiger charge is -2.36. The van der Waals surface area contributed by atoms with E-state index in [2.05, 4.69) is 31.1 Å². The summed E-state index contributed by atoms with van der Waals surface area (Å²) in [6, 6.07) is 15.7. The van der Waals surface area contributed by atoms with Crippen LogP contribution in [0.1, 0.15) is 43.2 Å². The van der Waals surface area contributed by atoms with Crippen molar-refractivity contribution in [3.8, 4) is 17.2 Å². The van der Waals surface area contributed by atoms with Gasteiger partial charge in [-0.15, -0.1) is 0 Å². The Kier molecular flexibility index (Phi) is 9.86. The number of carbonyl (C=O) groups is 1. The van der Waals surface area contributed by atoms with Crippen LogP contribution in [-0.4, -0.2) is 78.7 Å². The standard InChI is InChI=1S/C34H41N11O2S/c1-43-22-27(21-39-43)25-9-14-31(36-19-25)45(34(46)38-18-24-7-5-4-6-8-24)30-12-10-28(11-13-30)40-33-37-20-26(17-35)32(41-33)44-16-15-29(23-44)42-48(2,3)47/h4-9,14,19-22,28-30H,10-13,15-16,18,23H2,1-3H3,(H,38,46)(H,37,40,41)/t28-,29?,30-. The smallest absolute Gasteiger partial charge is 0.323 e. The Hall–Kier alpha value is -5.03.